The Bertz CT molecular complexity index is 1180. The van der Waals surface area contributed by atoms with Crippen molar-refractivity contribution >= 4 is 33.7 Å². The Hall–Kier alpha value is -3.64. The molecule has 2 aromatic rings. The minimum absolute atomic E-state index is 0.0629. The molecule has 37 heavy (non-hydrogen) atoms. The van der Waals surface area contributed by atoms with Gasteiger partial charge in [-0.15, -0.1) is 0 Å². The maximum Gasteiger partial charge on any atom is 0.263 e. The van der Waals surface area contributed by atoms with Gasteiger partial charge in [-0.3, -0.25) is 13.9 Å². The summed E-state index contributed by atoms with van der Waals surface area (Å²) in [5.74, 6) is 0.424. The lowest BCUT2D eigenvalue weighted by atomic mass is 10.2. The van der Waals surface area contributed by atoms with Crippen LogP contribution in [0.5, 0.6) is 11.5 Å². The van der Waals surface area contributed by atoms with E-state index in [1.165, 1.54) is 13.1 Å². The van der Waals surface area contributed by atoms with Crippen LogP contribution in [0.15, 0.2) is 53.6 Å². The van der Waals surface area contributed by atoms with Crippen LogP contribution in [0.4, 0.5) is 5.69 Å². The summed E-state index contributed by atoms with van der Waals surface area (Å²) in [6.45, 7) is 5.93. The molecule has 1 atom stereocenters. The monoisotopic (exact) mass is 532 g/mol. The lowest BCUT2D eigenvalue weighted by molar-refractivity contribution is -0.137. The van der Waals surface area contributed by atoms with Crippen LogP contribution in [0.2, 0.25) is 0 Å². The van der Waals surface area contributed by atoms with Crippen molar-refractivity contribution in [3.05, 3.63) is 54.1 Å². The van der Waals surface area contributed by atoms with Gasteiger partial charge >= 0.3 is 0 Å². The summed E-state index contributed by atoms with van der Waals surface area (Å²) in [5, 5.41) is 3.94. The number of nitrogens with zero attached hydrogens (tertiary/aromatic N) is 3. The van der Waals surface area contributed by atoms with E-state index in [9.17, 15) is 18.0 Å². The quantitative estimate of drug-likeness (QED) is 0.344. The number of hydrazone groups is 1. The highest BCUT2D eigenvalue weighted by molar-refractivity contribution is 7.92. The number of morpholine rings is 1. The second-order valence-corrected chi connectivity index (χ2v) is 10.1. The summed E-state index contributed by atoms with van der Waals surface area (Å²) in [7, 11) is -3.76. The first-order chi connectivity index (χ1) is 17.7. The largest absolute Gasteiger partial charge is 0.494 e. The molecule has 0 saturated carbocycles. The number of carbonyl (C=O) groups excluding carboxylic acids is 2. The van der Waals surface area contributed by atoms with Gasteiger partial charge in [0.05, 0.1) is 38.0 Å². The summed E-state index contributed by atoms with van der Waals surface area (Å²) < 4.78 is 42.1. The number of hydrogen-bond acceptors (Lipinski definition) is 8. The summed E-state index contributed by atoms with van der Waals surface area (Å²) in [4.78, 5) is 26.6. The number of ether oxygens (including phenoxy) is 3. The molecule has 1 fully saturated rings. The van der Waals surface area contributed by atoms with Crippen molar-refractivity contribution in [3.8, 4) is 11.5 Å². The van der Waals surface area contributed by atoms with Gasteiger partial charge in [-0.25, -0.2) is 13.8 Å². The number of anilines is 1. The van der Waals surface area contributed by atoms with E-state index in [-0.39, 0.29) is 12.5 Å². The fourth-order valence-electron chi connectivity index (χ4n) is 3.63. The second-order valence-electron chi connectivity index (χ2n) is 8.25. The molecule has 1 N–H and O–H groups in total. The lowest BCUT2D eigenvalue weighted by Gasteiger charge is -2.27. The van der Waals surface area contributed by atoms with E-state index in [1.807, 2.05) is 6.92 Å². The van der Waals surface area contributed by atoms with Gasteiger partial charge in [0.25, 0.3) is 11.8 Å². The smallest absolute Gasteiger partial charge is 0.263 e. The summed E-state index contributed by atoms with van der Waals surface area (Å²) in [6.07, 6.45) is 2.46. The van der Waals surface area contributed by atoms with Crippen molar-refractivity contribution in [2.45, 2.75) is 19.9 Å². The van der Waals surface area contributed by atoms with Crippen LogP contribution in [-0.2, 0) is 24.3 Å². The van der Waals surface area contributed by atoms with Crippen LogP contribution < -0.4 is 19.2 Å². The number of sulfonamides is 1. The van der Waals surface area contributed by atoms with E-state index < -0.39 is 22.0 Å². The summed E-state index contributed by atoms with van der Waals surface area (Å²) in [6, 6.07) is 12.2. The van der Waals surface area contributed by atoms with Crippen molar-refractivity contribution in [2.24, 2.45) is 5.10 Å². The molecule has 2 amide bonds. The van der Waals surface area contributed by atoms with Gasteiger partial charge in [0.1, 0.15) is 17.5 Å². The molecule has 0 spiro atoms. The molecule has 1 aliphatic heterocycles. The molecule has 200 valence electrons. The zero-order valence-corrected chi connectivity index (χ0v) is 21.9. The Morgan fingerprint density at radius 3 is 2.27 bits per heavy atom. The van der Waals surface area contributed by atoms with Gasteiger partial charge in [0.15, 0.2) is 6.61 Å². The van der Waals surface area contributed by atoms with E-state index in [0.717, 1.165) is 10.6 Å². The van der Waals surface area contributed by atoms with Gasteiger partial charge in [-0.2, -0.15) is 5.10 Å². The Labute approximate surface area is 217 Å². The molecule has 1 saturated heterocycles. The highest BCUT2D eigenvalue weighted by Crippen LogP contribution is 2.24. The van der Waals surface area contributed by atoms with Crippen molar-refractivity contribution < 1.29 is 32.2 Å². The number of benzene rings is 2. The Morgan fingerprint density at radius 2 is 1.68 bits per heavy atom. The number of amides is 2. The van der Waals surface area contributed by atoms with Gasteiger partial charge in [0, 0.05) is 13.1 Å². The highest BCUT2D eigenvalue weighted by Gasteiger charge is 2.29. The normalized spacial score (nSPS) is 14.7. The van der Waals surface area contributed by atoms with E-state index >= 15 is 0 Å². The fourth-order valence-corrected chi connectivity index (χ4v) is 4.80. The second kappa shape index (κ2) is 13.1. The zero-order chi connectivity index (χ0) is 26.8. The van der Waals surface area contributed by atoms with Crippen molar-refractivity contribution in [2.75, 3.05) is 50.1 Å². The predicted octanol–water partition coefficient (Wildman–Crippen LogP) is 1.63. The first-order valence-electron chi connectivity index (χ1n) is 11.8. The first-order valence-corrected chi connectivity index (χ1v) is 13.7. The van der Waals surface area contributed by atoms with Crippen molar-refractivity contribution in [1.82, 2.24) is 10.3 Å². The van der Waals surface area contributed by atoms with Crippen LogP contribution in [0.25, 0.3) is 0 Å². The Balaban J connectivity index is 1.55. The van der Waals surface area contributed by atoms with Gasteiger partial charge in [-0.1, -0.05) is 0 Å². The van der Waals surface area contributed by atoms with Gasteiger partial charge in [-0.05, 0) is 67.9 Å². The van der Waals surface area contributed by atoms with Crippen LogP contribution in [0.1, 0.15) is 19.4 Å². The van der Waals surface area contributed by atoms with Gasteiger partial charge in [0.2, 0.25) is 10.0 Å². The molecular formula is C25H32N4O7S. The van der Waals surface area contributed by atoms with E-state index in [4.69, 9.17) is 14.2 Å². The van der Waals surface area contributed by atoms with E-state index in [1.54, 1.807) is 53.4 Å². The highest BCUT2D eigenvalue weighted by atomic mass is 32.2. The molecule has 3 rings (SSSR count). The number of nitrogens with one attached hydrogen (secondary N) is 1. The molecule has 0 radical (unpaired) electrons. The molecule has 0 aromatic heterocycles. The van der Waals surface area contributed by atoms with Crippen molar-refractivity contribution in [1.29, 1.82) is 0 Å². The SMILES string of the molecule is CCOc1ccc(N([C@@H](C)C(=O)N/N=C\c2ccc(OCC(=O)N3CCOCC3)cc2)S(C)(=O)=O)cc1. The number of rotatable bonds is 11. The minimum Gasteiger partial charge on any atom is -0.494 e. The maximum absolute atomic E-state index is 12.7. The standard InChI is InChI=1S/C25H32N4O7S/c1-4-35-22-11-7-21(8-12-22)29(37(3,32)33)19(2)25(31)27-26-17-20-5-9-23(10-6-20)36-18-24(30)28-13-15-34-16-14-28/h5-12,17,19H,4,13-16,18H2,1-3H3,(H,27,31)/b26-17-/t19-/m0/s1. The molecule has 1 heterocycles. The predicted molar refractivity (Wildman–Crippen MR) is 139 cm³/mol. The minimum atomic E-state index is -3.76. The summed E-state index contributed by atoms with van der Waals surface area (Å²) >= 11 is 0. The summed E-state index contributed by atoms with van der Waals surface area (Å²) in [5.41, 5.74) is 3.39. The topological polar surface area (TPSA) is 127 Å². The van der Waals surface area contributed by atoms with Gasteiger partial charge < -0.3 is 19.1 Å². The van der Waals surface area contributed by atoms with Crippen molar-refractivity contribution in [3.63, 3.8) is 0 Å². The average molecular weight is 533 g/mol. The van der Waals surface area contributed by atoms with Crippen LogP contribution >= 0.6 is 0 Å². The van der Waals surface area contributed by atoms with Crippen LogP contribution in [-0.4, -0.2) is 83.2 Å². The van der Waals surface area contributed by atoms with E-state index in [2.05, 4.69) is 10.5 Å². The van der Waals surface area contributed by atoms with Crippen LogP contribution in [0, 0.1) is 0 Å². The molecule has 1 aliphatic rings. The third kappa shape index (κ3) is 8.19. The van der Waals surface area contributed by atoms with Crippen LogP contribution in [0.3, 0.4) is 0 Å². The first kappa shape index (κ1) is 27.9. The zero-order valence-electron chi connectivity index (χ0n) is 21.1. The molecular weight excluding hydrogens is 500 g/mol. The Morgan fingerprint density at radius 1 is 1.08 bits per heavy atom. The molecule has 11 nitrogen and oxygen atoms in total. The Kier molecular flexibility index (Phi) is 9.86. The molecule has 0 aliphatic carbocycles. The molecule has 0 unspecified atom stereocenters. The third-order valence-corrected chi connectivity index (χ3v) is 6.73. The molecule has 0 bridgehead atoms. The molecule has 2 aromatic carbocycles. The number of hydrogen-bond donors (Lipinski definition) is 1. The average Bonchev–Trinajstić information content (AvgIpc) is 2.89. The number of carbonyl (C=O) groups is 2. The fraction of sp³-hybridized carbons (Fsp3) is 0.400. The molecule has 12 heteroatoms. The lowest BCUT2D eigenvalue weighted by Crippen LogP contribution is -2.46. The van der Waals surface area contributed by atoms with E-state index in [0.29, 0.717) is 55.7 Å². The third-order valence-electron chi connectivity index (χ3n) is 5.49. The maximum atomic E-state index is 12.7.